The maximum Gasteiger partial charge on any atom is 0.115 e. The molecule has 1 aromatic heterocycles. The van der Waals surface area contributed by atoms with Gasteiger partial charge in [-0.15, -0.1) is 11.3 Å². The van der Waals surface area contributed by atoms with E-state index in [-0.39, 0.29) is 6.04 Å². The zero-order chi connectivity index (χ0) is 12.3. The molecule has 1 unspecified atom stereocenters. The predicted molar refractivity (Wildman–Crippen MR) is 70.3 cm³/mol. The quantitative estimate of drug-likeness (QED) is 0.915. The largest absolute Gasteiger partial charge is 0.375 e. The molecule has 0 saturated carbocycles. The van der Waals surface area contributed by atoms with Crippen LogP contribution in [0, 0.1) is 11.3 Å². The van der Waals surface area contributed by atoms with Crippen LogP contribution in [0.1, 0.15) is 23.5 Å². The fourth-order valence-electron chi connectivity index (χ4n) is 1.45. The van der Waals surface area contributed by atoms with Crippen molar-refractivity contribution in [2.75, 3.05) is 5.32 Å². The summed E-state index contributed by atoms with van der Waals surface area (Å²) in [5.74, 6) is 0. The van der Waals surface area contributed by atoms with Crippen molar-refractivity contribution in [3.05, 3.63) is 45.4 Å². The topological polar surface area (TPSA) is 48.7 Å². The first-order chi connectivity index (χ1) is 8.20. The number of aromatic nitrogens is 1. The van der Waals surface area contributed by atoms with Gasteiger partial charge in [-0.25, -0.2) is 4.98 Å². The highest BCUT2D eigenvalue weighted by atomic mass is 35.5. The van der Waals surface area contributed by atoms with Crippen LogP contribution in [0.3, 0.4) is 0 Å². The zero-order valence-corrected chi connectivity index (χ0v) is 10.7. The molecule has 3 nitrogen and oxygen atoms in total. The summed E-state index contributed by atoms with van der Waals surface area (Å²) < 4.78 is 0. The number of hydrogen-bond donors (Lipinski definition) is 1. The number of nitrogens with zero attached hydrogens (tertiary/aromatic N) is 2. The molecule has 5 heteroatoms. The number of nitriles is 1. The van der Waals surface area contributed by atoms with Crippen molar-refractivity contribution in [2.45, 2.75) is 13.0 Å². The van der Waals surface area contributed by atoms with Gasteiger partial charge in [0.05, 0.1) is 28.4 Å². The molecule has 0 bridgehead atoms. The van der Waals surface area contributed by atoms with Crippen LogP contribution in [-0.4, -0.2) is 4.98 Å². The van der Waals surface area contributed by atoms with Gasteiger partial charge in [-0.3, -0.25) is 0 Å². The van der Waals surface area contributed by atoms with Gasteiger partial charge < -0.3 is 5.32 Å². The summed E-state index contributed by atoms with van der Waals surface area (Å²) in [6.45, 7) is 2.02. The Morgan fingerprint density at radius 1 is 1.53 bits per heavy atom. The summed E-state index contributed by atoms with van der Waals surface area (Å²) in [6.07, 6.45) is 1.78. The molecule has 1 aromatic carbocycles. The third kappa shape index (κ3) is 2.76. The van der Waals surface area contributed by atoms with E-state index in [4.69, 9.17) is 16.9 Å². The van der Waals surface area contributed by atoms with Crippen molar-refractivity contribution in [2.24, 2.45) is 0 Å². The van der Waals surface area contributed by atoms with Gasteiger partial charge in [0, 0.05) is 11.6 Å². The molecule has 86 valence electrons. The molecule has 1 atom stereocenters. The lowest BCUT2D eigenvalue weighted by molar-refractivity contribution is 0.870. The number of rotatable bonds is 3. The Hall–Kier alpha value is -1.57. The average molecular weight is 264 g/mol. The number of benzene rings is 1. The van der Waals surface area contributed by atoms with Crippen molar-refractivity contribution < 1.29 is 0 Å². The Morgan fingerprint density at radius 2 is 2.35 bits per heavy atom. The maximum absolute atomic E-state index is 8.75. The van der Waals surface area contributed by atoms with Crippen molar-refractivity contribution >= 4 is 28.6 Å². The van der Waals surface area contributed by atoms with Crippen molar-refractivity contribution in [3.63, 3.8) is 0 Å². The van der Waals surface area contributed by atoms with E-state index in [0.717, 1.165) is 10.7 Å². The van der Waals surface area contributed by atoms with Gasteiger partial charge in [0.15, 0.2) is 0 Å². The second-order valence-corrected chi connectivity index (χ2v) is 4.88. The molecule has 0 aliphatic rings. The highest BCUT2D eigenvalue weighted by Gasteiger charge is 2.09. The van der Waals surface area contributed by atoms with Gasteiger partial charge in [0.2, 0.25) is 0 Å². The molecule has 0 saturated heterocycles. The number of anilines is 1. The second-order valence-electron chi connectivity index (χ2n) is 3.54. The van der Waals surface area contributed by atoms with E-state index in [1.54, 1.807) is 29.7 Å². The first-order valence-corrected chi connectivity index (χ1v) is 6.32. The highest BCUT2D eigenvalue weighted by Crippen LogP contribution is 2.27. The van der Waals surface area contributed by atoms with E-state index >= 15 is 0 Å². The summed E-state index contributed by atoms with van der Waals surface area (Å²) >= 11 is 7.68. The fourth-order valence-corrected chi connectivity index (χ4v) is 2.33. The Kier molecular flexibility index (Phi) is 3.62. The van der Waals surface area contributed by atoms with Crippen molar-refractivity contribution in [1.82, 2.24) is 4.98 Å². The molecule has 1 heterocycles. The van der Waals surface area contributed by atoms with Crippen LogP contribution in [0.25, 0.3) is 0 Å². The van der Waals surface area contributed by atoms with Gasteiger partial charge in [0.1, 0.15) is 5.01 Å². The van der Waals surface area contributed by atoms with E-state index in [1.807, 2.05) is 18.4 Å². The van der Waals surface area contributed by atoms with Crippen LogP contribution < -0.4 is 5.32 Å². The lowest BCUT2D eigenvalue weighted by Gasteiger charge is -2.14. The third-order valence-electron chi connectivity index (χ3n) is 2.29. The molecule has 0 fully saturated rings. The number of thiazole rings is 1. The molecule has 0 aliphatic heterocycles. The van der Waals surface area contributed by atoms with Crippen molar-refractivity contribution in [1.29, 1.82) is 5.26 Å². The van der Waals surface area contributed by atoms with Crippen LogP contribution >= 0.6 is 22.9 Å². The van der Waals surface area contributed by atoms with E-state index < -0.39 is 0 Å². The minimum absolute atomic E-state index is 0.0976. The standard InChI is InChI=1S/C12H10ClN3S/c1-8(12-15-4-5-17-12)16-11-3-2-9(7-14)6-10(11)13/h2-6,8,16H,1H3. The second kappa shape index (κ2) is 5.17. The van der Waals surface area contributed by atoms with E-state index in [2.05, 4.69) is 16.4 Å². The van der Waals surface area contributed by atoms with Gasteiger partial charge in [-0.2, -0.15) is 5.26 Å². The number of halogens is 1. The Labute approximate surface area is 109 Å². The normalized spacial score (nSPS) is 11.8. The van der Waals surface area contributed by atoms with Crippen LogP contribution in [0.5, 0.6) is 0 Å². The monoisotopic (exact) mass is 263 g/mol. The average Bonchev–Trinajstić information content (AvgIpc) is 2.85. The van der Waals surface area contributed by atoms with Crippen LogP contribution in [0.4, 0.5) is 5.69 Å². The molecule has 17 heavy (non-hydrogen) atoms. The molecule has 0 spiro atoms. The molecule has 1 N–H and O–H groups in total. The zero-order valence-electron chi connectivity index (χ0n) is 9.14. The molecular weight excluding hydrogens is 254 g/mol. The minimum atomic E-state index is 0.0976. The Bertz CT molecular complexity index is 545. The molecule has 0 aliphatic carbocycles. The SMILES string of the molecule is CC(Nc1ccc(C#N)cc1Cl)c1nccs1. The maximum atomic E-state index is 8.75. The third-order valence-corrected chi connectivity index (χ3v) is 3.56. The molecule has 0 amide bonds. The Morgan fingerprint density at radius 3 is 2.94 bits per heavy atom. The molecule has 0 radical (unpaired) electrons. The van der Waals surface area contributed by atoms with Gasteiger partial charge in [0.25, 0.3) is 0 Å². The molecule has 2 rings (SSSR count). The van der Waals surface area contributed by atoms with E-state index in [9.17, 15) is 0 Å². The molecular formula is C12H10ClN3S. The van der Waals surface area contributed by atoms with Crippen LogP contribution in [0.15, 0.2) is 29.8 Å². The van der Waals surface area contributed by atoms with E-state index in [0.29, 0.717) is 10.6 Å². The fraction of sp³-hybridized carbons (Fsp3) is 0.167. The summed E-state index contributed by atoms with van der Waals surface area (Å²) in [6, 6.07) is 7.35. The van der Waals surface area contributed by atoms with Crippen LogP contribution in [-0.2, 0) is 0 Å². The first-order valence-electron chi connectivity index (χ1n) is 5.06. The summed E-state index contributed by atoms with van der Waals surface area (Å²) in [7, 11) is 0. The van der Waals surface area contributed by atoms with Crippen LogP contribution in [0.2, 0.25) is 5.02 Å². The summed E-state index contributed by atoms with van der Waals surface area (Å²) in [5.41, 5.74) is 1.37. The molecule has 2 aromatic rings. The smallest absolute Gasteiger partial charge is 0.115 e. The minimum Gasteiger partial charge on any atom is -0.375 e. The Balaban J connectivity index is 2.17. The summed E-state index contributed by atoms with van der Waals surface area (Å²) in [4.78, 5) is 4.24. The van der Waals surface area contributed by atoms with Gasteiger partial charge in [-0.05, 0) is 25.1 Å². The van der Waals surface area contributed by atoms with E-state index in [1.165, 1.54) is 0 Å². The first kappa shape index (κ1) is 11.9. The lowest BCUT2D eigenvalue weighted by Crippen LogP contribution is -2.06. The van der Waals surface area contributed by atoms with Gasteiger partial charge >= 0.3 is 0 Å². The summed E-state index contributed by atoms with van der Waals surface area (Å²) in [5, 5.41) is 15.5. The van der Waals surface area contributed by atoms with Gasteiger partial charge in [-0.1, -0.05) is 11.6 Å². The predicted octanol–water partition coefficient (Wildman–Crippen LogP) is 3.84. The van der Waals surface area contributed by atoms with Crippen molar-refractivity contribution in [3.8, 4) is 6.07 Å². The number of nitrogens with one attached hydrogen (secondary N) is 1. The lowest BCUT2D eigenvalue weighted by atomic mass is 10.2. The number of hydrogen-bond acceptors (Lipinski definition) is 4. The highest BCUT2D eigenvalue weighted by molar-refractivity contribution is 7.09.